The average Bonchev–Trinajstić information content (AvgIpc) is 2.82. The lowest BCUT2D eigenvalue weighted by Gasteiger charge is -2.30. The Labute approximate surface area is 91.0 Å². The molecule has 2 aliphatic heterocycles. The third kappa shape index (κ3) is 2.49. The van der Waals surface area contributed by atoms with Gasteiger partial charge in [-0.3, -0.25) is 4.79 Å². The summed E-state index contributed by atoms with van der Waals surface area (Å²) < 4.78 is 5.27. The summed E-state index contributed by atoms with van der Waals surface area (Å²) in [7, 11) is 1.94. The first-order valence-electron chi connectivity index (χ1n) is 5.84. The van der Waals surface area contributed by atoms with E-state index in [1.165, 1.54) is 0 Å². The molecular formula is C11H20N2O2. The van der Waals surface area contributed by atoms with E-state index in [1.54, 1.807) is 0 Å². The monoisotopic (exact) mass is 212 g/mol. The fourth-order valence-electron chi connectivity index (χ4n) is 2.38. The van der Waals surface area contributed by atoms with Crippen molar-refractivity contribution in [3.63, 3.8) is 0 Å². The van der Waals surface area contributed by atoms with Crippen molar-refractivity contribution in [1.82, 2.24) is 10.2 Å². The summed E-state index contributed by atoms with van der Waals surface area (Å²) in [4.78, 5) is 14.1. The van der Waals surface area contributed by atoms with Gasteiger partial charge in [-0.05, 0) is 25.8 Å². The van der Waals surface area contributed by atoms with Crippen LogP contribution in [0.25, 0.3) is 0 Å². The van der Waals surface area contributed by atoms with Crippen LogP contribution in [0.3, 0.4) is 0 Å². The fourth-order valence-corrected chi connectivity index (χ4v) is 2.38. The van der Waals surface area contributed by atoms with Gasteiger partial charge in [-0.1, -0.05) is 0 Å². The second-order valence-electron chi connectivity index (χ2n) is 4.48. The van der Waals surface area contributed by atoms with Crippen molar-refractivity contribution in [1.29, 1.82) is 0 Å². The number of amides is 1. The molecule has 1 atom stereocenters. The summed E-state index contributed by atoms with van der Waals surface area (Å²) in [5.74, 6) is 0.511. The molecule has 2 saturated heterocycles. The maximum Gasteiger partial charge on any atom is 0.225 e. The molecule has 2 heterocycles. The first kappa shape index (κ1) is 10.9. The van der Waals surface area contributed by atoms with E-state index in [9.17, 15) is 4.79 Å². The highest BCUT2D eigenvalue weighted by atomic mass is 16.5. The lowest BCUT2D eigenvalue weighted by Crippen LogP contribution is -2.43. The van der Waals surface area contributed by atoms with E-state index in [0.717, 1.165) is 45.6 Å². The quantitative estimate of drug-likeness (QED) is 0.712. The molecule has 0 saturated carbocycles. The van der Waals surface area contributed by atoms with Crippen LogP contribution in [0.4, 0.5) is 0 Å². The third-order valence-corrected chi connectivity index (χ3v) is 3.50. The summed E-state index contributed by atoms with van der Waals surface area (Å²) >= 11 is 0. The second kappa shape index (κ2) is 4.94. The van der Waals surface area contributed by atoms with Gasteiger partial charge in [0.05, 0.1) is 0 Å². The minimum atomic E-state index is 0.198. The van der Waals surface area contributed by atoms with Gasteiger partial charge < -0.3 is 15.0 Å². The molecule has 4 nitrogen and oxygen atoms in total. The normalized spacial score (nSPS) is 27.9. The van der Waals surface area contributed by atoms with Crippen molar-refractivity contribution in [2.45, 2.75) is 25.3 Å². The van der Waals surface area contributed by atoms with Crippen LogP contribution in [0.15, 0.2) is 0 Å². The predicted molar refractivity (Wildman–Crippen MR) is 57.6 cm³/mol. The number of rotatable bonds is 2. The highest BCUT2D eigenvalue weighted by Gasteiger charge is 2.29. The lowest BCUT2D eigenvalue weighted by atomic mass is 9.98. The molecule has 0 aromatic rings. The zero-order valence-corrected chi connectivity index (χ0v) is 9.37. The molecular weight excluding hydrogens is 192 g/mol. The van der Waals surface area contributed by atoms with Crippen molar-refractivity contribution < 1.29 is 9.53 Å². The SMILES string of the molecule is CN(C(=O)C1CCOCC1)[C@@H]1CCNC1. The van der Waals surface area contributed by atoms with Crippen LogP contribution >= 0.6 is 0 Å². The summed E-state index contributed by atoms with van der Waals surface area (Å²) in [6, 6.07) is 0.403. The van der Waals surface area contributed by atoms with E-state index in [1.807, 2.05) is 11.9 Å². The predicted octanol–water partition coefficient (Wildman–Crippen LogP) is 0.233. The molecule has 0 aliphatic carbocycles. The smallest absolute Gasteiger partial charge is 0.225 e. The van der Waals surface area contributed by atoms with Crippen molar-refractivity contribution in [2.75, 3.05) is 33.4 Å². The summed E-state index contributed by atoms with van der Waals surface area (Å²) in [6.45, 7) is 3.47. The van der Waals surface area contributed by atoms with Gasteiger partial charge in [0.25, 0.3) is 0 Å². The van der Waals surface area contributed by atoms with Gasteiger partial charge in [-0.15, -0.1) is 0 Å². The topological polar surface area (TPSA) is 41.6 Å². The number of ether oxygens (including phenoxy) is 1. The Bertz CT molecular complexity index is 221. The molecule has 2 fully saturated rings. The standard InChI is InChI=1S/C11H20N2O2/c1-13(10-2-5-12-8-10)11(14)9-3-6-15-7-4-9/h9-10,12H,2-8H2,1H3/t10-/m1/s1. The lowest BCUT2D eigenvalue weighted by molar-refractivity contribution is -0.139. The summed E-state index contributed by atoms with van der Waals surface area (Å²) in [5, 5.41) is 3.29. The van der Waals surface area contributed by atoms with E-state index >= 15 is 0 Å². The van der Waals surface area contributed by atoms with Gasteiger partial charge in [-0.2, -0.15) is 0 Å². The molecule has 0 aromatic carbocycles. The highest BCUT2D eigenvalue weighted by molar-refractivity contribution is 5.79. The second-order valence-corrected chi connectivity index (χ2v) is 4.48. The molecule has 4 heteroatoms. The Balaban J connectivity index is 1.87. The fraction of sp³-hybridized carbons (Fsp3) is 0.909. The number of nitrogens with zero attached hydrogens (tertiary/aromatic N) is 1. The van der Waals surface area contributed by atoms with Crippen molar-refractivity contribution >= 4 is 5.91 Å². The van der Waals surface area contributed by atoms with Crippen LogP contribution in [0.1, 0.15) is 19.3 Å². The van der Waals surface area contributed by atoms with E-state index in [-0.39, 0.29) is 5.92 Å². The minimum absolute atomic E-state index is 0.198. The molecule has 86 valence electrons. The molecule has 0 radical (unpaired) electrons. The zero-order valence-electron chi connectivity index (χ0n) is 9.37. The van der Waals surface area contributed by atoms with Gasteiger partial charge >= 0.3 is 0 Å². The number of carbonyl (C=O) groups is 1. The van der Waals surface area contributed by atoms with Crippen LogP contribution in [-0.2, 0) is 9.53 Å². The van der Waals surface area contributed by atoms with Crippen molar-refractivity contribution in [3.05, 3.63) is 0 Å². The van der Waals surface area contributed by atoms with E-state index in [4.69, 9.17) is 4.74 Å². The number of hydrogen-bond donors (Lipinski definition) is 1. The molecule has 1 N–H and O–H groups in total. The molecule has 15 heavy (non-hydrogen) atoms. The van der Waals surface area contributed by atoms with Crippen molar-refractivity contribution in [2.24, 2.45) is 5.92 Å². The molecule has 1 amide bonds. The molecule has 2 aliphatic rings. The summed E-state index contributed by atoms with van der Waals surface area (Å²) in [5.41, 5.74) is 0. The highest BCUT2D eigenvalue weighted by Crippen LogP contribution is 2.19. The van der Waals surface area contributed by atoms with Crippen LogP contribution in [0.2, 0.25) is 0 Å². The van der Waals surface area contributed by atoms with E-state index < -0.39 is 0 Å². The zero-order chi connectivity index (χ0) is 10.7. The summed E-state index contributed by atoms with van der Waals surface area (Å²) in [6.07, 6.45) is 2.87. The van der Waals surface area contributed by atoms with Gasteiger partial charge in [0, 0.05) is 38.8 Å². The first-order chi connectivity index (χ1) is 7.29. The molecule has 0 aromatic heterocycles. The van der Waals surface area contributed by atoms with Gasteiger partial charge in [0.1, 0.15) is 0 Å². The molecule has 0 unspecified atom stereocenters. The van der Waals surface area contributed by atoms with E-state index in [0.29, 0.717) is 11.9 Å². The third-order valence-electron chi connectivity index (χ3n) is 3.50. The Morgan fingerprint density at radius 3 is 2.67 bits per heavy atom. The van der Waals surface area contributed by atoms with Crippen LogP contribution < -0.4 is 5.32 Å². The molecule has 0 spiro atoms. The van der Waals surface area contributed by atoms with E-state index in [2.05, 4.69) is 5.32 Å². The number of nitrogens with one attached hydrogen (secondary N) is 1. The largest absolute Gasteiger partial charge is 0.381 e. The van der Waals surface area contributed by atoms with Crippen LogP contribution in [0, 0.1) is 5.92 Å². The average molecular weight is 212 g/mol. The molecule has 0 bridgehead atoms. The van der Waals surface area contributed by atoms with Crippen LogP contribution in [0.5, 0.6) is 0 Å². The maximum atomic E-state index is 12.1. The Morgan fingerprint density at radius 2 is 2.07 bits per heavy atom. The van der Waals surface area contributed by atoms with Gasteiger partial charge in [0.2, 0.25) is 5.91 Å². The van der Waals surface area contributed by atoms with Gasteiger partial charge in [-0.25, -0.2) is 0 Å². The Kier molecular flexibility index (Phi) is 3.59. The van der Waals surface area contributed by atoms with Gasteiger partial charge in [0.15, 0.2) is 0 Å². The Hall–Kier alpha value is -0.610. The maximum absolute atomic E-state index is 12.1. The Morgan fingerprint density at radius 1 is 1.33 bits per heavy atom. The van der Waals surface area contributed by atoms with Crippen LogP contribution in [-0.4, -0.2) is 50.2 Å². The molecule has 2 rings (SSSR count). The number of likely N-dealkylation sites (N-methyl/N-ethyl adjacent to an activating group) is 1. The van der Waals surface area contributed by atoms with Crippen molar-refractivity contribution in [3.8, 4) is 0 Å². The number of carbonyl (C=O) groups excluding carboxylic acids is 1. The minimum Gasteiger partial charge on any atom is -0.381 e. The first-order valence-corrected chi connectivity index (χ1v) is 5.84. The number of hydrogen-bond acceptors (Lipinski definition) is 3.